The molecule has 10 N–H and O–H groups in total. The number of nitrogen functional groups attached to an aromatic ring is 1. The first-order valence-corrected chi connectivity index (χ1v) is 33.7. The number of aromatic nitrogens is 2. The van der Waals surface area contributed by atoms with Gasteiger partial charge < -0.3 is 69.8 Å². The maximum Gasteiger partial charge on any atom is 0.488 e. The summed E-state index contributed by atoms with van der Waals surface area (Å²) in [5.74, 6) is -1.31. The molecule has 0 radical (unpaired) electrons. The average Bonchev–Trinajstić information content (AvgIpc) is 0.798. The maximum absolute atomic E-state index is 12.1. The van der Waals surface area contributed by atoms with Crippen molar-refractivity contribution in [2.24, 2.45) is 0 Å². The minimum atomic E-state index is -4.67. The number of hydrogen-bond acceptors (Lipinski definition) is 18. The first kappa shape index (κ1) is 88.4. The number of ether oxygens (including phenoxy) is 7. The lowest BCUT2D eigenvalue weighted by Crippen LogP contribution is -2.29. The van der Waals surface area contributed by atoms with Crippen molar-refractivity contribution in [1.29, 1.82) is 0 Å². The molecule has 0 saturated carbocycles. The second kappa shape index (κ2) is 51.7. The first-order valence-electron chi connectivity index (χ1n) is 29.1. The Morgan fingerprint density at radius 1 is 0.547 bits per heavy atom. The number of fused-ring (bicyclic) bond motifs is 2. The number of H-pyrrole nitrogens is 1. The van der Waals surface area contributed by atoms with Gasteiger partial charge in [0.15, 0.2) is 18.9 Å². The molecule has 0 fully saturated rings. The minimum absolute atomic E-state index is 0. The molecular formula is C65H82BBr4N4O20S-. The summed E-state index contributed by atoms with van der Waals surface area (Å²) in [7, 11) is -6.01. The summed E-state index contributed by atoms with van der Waals surface area (Å²) in [5.41, 5.74) is 10.1. The molecule has 0 unspecified atom stereocenters. The van der Waals surface area contributed by atoms with Crippen molar-refractivity contribution in [1.82, 2.24) is 9.55 Å². The van der Waals surface area contributed by atoms with Crippen molar-refractivity contribution >= 4 is 138 Å². The van der Waals surface area contributed by atoms with Crippen LogP contribution in [0.25, 0.3) is 27.5 Å². The van der Waals surface area contributed by atoms with Crippen molar-refractivity contribution in [2.45, 2.75) is 86.6 Å². The number of aliphatic carboxylic acids is 1. The summed E-state index contributed by atoms with van der Waals surface area (Å²) in [6, 6.07) is 51.7. The lowest BCUT2D eigenvalue weighted by Gasteiger charge is -2.16. The first-order chi connectivity index (χ1) is 44.7. The third kappa shape index (κ3) is 42.6. The van der Waals surface area contributed by atoms with Crippen LogP contribution in [0.15, 0.2) is 197 Å². The summed E-state index contributed by atoms with van der Waals surface area (Å²) in [5, 5.41) is 30.4. The fourth-order valence-electron chi connectivity index (χ4n) is 7.28. The molecule has 0 bridgehead atoms. The molecule has 0 aliphatic heterocycles. The minimum Gasteiger partial charge on any atom is -0.870 e. The van der Waals surface area contributed by atoms with E-state index in [1.807, 2.05) is 155 Å². The predicted octanol–water partition coefficient (Wildman–Crippen LogP) is 12.0. The highest BCUT2D eigenvalue weighted by molar-refractivity contribution is 9.11. The van der Waals surface area contributed by atoms with Gasteiger partial charge in [-0.3, -0.25) is 37.6 Å². The molecule has 8 aromatic rings. The van der Waals surface area contributed by atoms with Gasteiger partial charge in [-0.2, -0.15) is 8.42 Å². The highest BCUT2D eigenvalue weighted by atomic mass is 79.9. The summed E-state index contributed by atoms with van der Waals surface area (Å²) < 4.78 is 73.1. The van der Waals surface area contributed by atoms with Gasteiger partial charge in [-0.15, -0.1) is 0 Å². The lowest BCUT2D eigenvalue weighted by atomic mass is 9.81. The van der Waals surface area contributed by atoms with Crippen molar-refractivity contribution < 1.29 is 85.7 Å². The molecule has 2 aromatic heterocycles. The summed E-state index contributed by atoms with van der Waals surface area (Å²) >= 11 is 13.4. The van der Waals surface area contributed by atoms with Crippen LogP contribution >= 0.6 is 63.7 Å². The lowest BCUT2D eigenvalue weighted by molar-refractivity contribution is -0.168. The number of benzene rings is 6. The zero-order chi connectivity index (χ0) is 70.4. The number of nitrogens with zero attached hydrogens (tertiary/aromatic N) is 1. The molecule has 0 atom stereocenters. The number of carboxylic acids is 1. The van der Waals surface area contributed by atoms with Crippen molar-refractivity contribution in [3.63, 3.8) is 0 Å². The Kier molecular flexibility index (Phi) is 48.1. The van der Waals surface area contributed by atoms with Crippen molar-refractivity contribution in [2.75, 3.05) is 57.3 Å². The quantitative estimate of drug-likeness (QED) is 0.0103. The molecule has 0 aliphatic carbocycles. The van der Waals surface area contributed by atoms with E-state index < -0.39 is 42.4 Å². The van der Waals surface area contributed by atoms with Crippen LogP contribution in [0.2, 0.25) is 0 Å². The fraction of sp³-hybridized carbons (Fsp3) is 0.308. The molecule has 0 saturated heterocycles. The van der Waals surface area contributed by atoms with E-state index in [0.29, 0.717) is 51.7 Å². The van der Waals surface area contributed by atoms with Crippen LogP contribution in [0.4, 0.5) is 11.4 Å². The highest BCUT2D eigenvalue weighted by Gasteiger charge is 2.16. The van der Waals surface area contributed by atoms with Crippen LogP contribution in [0.3, 0.4) is 0 Å². The number of esters is 1. The van der Waals surface area contributed by atoms with Gasteiger partial charge in [0.05, 0.1) is 31.4 Å². The van der Waals surface area contributed by atoms with Gasteiger partial charge in [0.1, 0.15) is 0 Å². The number of hydrogen-bond donors (Lipinski definition) is 8. The van der Waals surface area contributed by atoms with Gasteiger partial charge in [0, 0.05) is 92.2 Å². The highest BCUT2D eigenvalue weighted by Crippen LogP contribution is 2.21. The van der Waals surface area contributed by atoms with E-state index in [4.69, 9.17) is 71.6 Å². The number of pyridine rings is 2. The monoisotopic (exact) mass is 1600 g/mol. The Balaban J connectivity index is 0.00000109. The fourth-order valence-corrected chi connectivity index (χ4v) is 8.57. The maximum atomic E-state index is 12.1. The molecule has 0 spiro atoms. The SMILES string of the molecule is CCOC(=O)CC(OCC)OCC.CCOC(CC(=O)Nc1ccc(Br)cc1)OCC.CCOC(CC(=O)O)OCC.Nc1ccc(Br)cc1.O=S(=O)(O)O.O=c1ccc2cc(Br)ccc2[nH]1.O=c1ccc2cc(Br)ccc2n1-c1ccccc1.OB(O)c1ccccc1.[OH-]. The van der Waals surface area contributed by atoms with E-state index in [0.717, 1.165) is 56.8 Å². The van der Waals surface area contributed by atoms with Gasteiger partial charge in [0.25, 0.3) is 5.56 Å². The number of amides is 1. The van der Waals surface area contributed by atoms with Gasteiger partial charge in [-0.05, 0) is 174 Å². The number of para-hydroxylation sites is 1. The molecule has 1 amide bonds. The zero-order valence-electron chi connectivity index (χ0n) is 53.4. The van der Waals surface area contributed by atoms with Crippen LogP contribution in [0, 0.1) is 0 Å². The van der Waals surface area contributed by atoms with Crippen LogP contribution in [-0.2, 0) is 57.9 Å². The second-order valence-electron chi connectivity index (χ2n) is 18.3. The number of carbonyl (C=O) groups is 3. The molecule has 8 rings (SSSR count). The number of anilines is 2. The summed E-state index contributed by atoms with van der Waals surface area (Å²) in [4.78, 5) is 58.7. The Hall–Kier alpha value is -6.56. The molecule has 24 nitrogen and oxygen atoms in total. The van der Waals surface area contributed by atoms with Gasteiger partial charge >= 0.3 is 29.5 Å². The largest absolute Gasteiger partial charge is 0.870 e. The molecule has 520 valence electrons. The number of carbonyl (C=O) groups excluding carboxylic acids is 2. The summed E-state index contributed by atoms with van der Waals surface area (Å²) in [6.07, 6.45) is -1.28. The predicted molar refractivity (Wildman–Crippen MR) is 382 cm³/mol. The molecule has 30 heteroatoms. The molecule has 0 aliphatic rings. The number of aromatic amines is 1. The molecule has 2 heterocycles. The van der Waals surface area contributed by atoms with Crippen molar-refractivity contribution in [3.05, 3.63) is 208 Å². The Bertz CT molecular complexity index is 3600. The van der Waals surface area contributed by atoms with Gasteiger partial charge in [0.2, 0.25) is 11.5 Å². The third-order valence-electron chi connectivity index (χ3n) is 11.1. The van der Waals surface area contributed by atoms with Crippen molar-refractivity contribution in [3.8, 4) is 5.69 Å². The van der Waals surface area contributed by atoms with Crippen LogP contribution < -0.4 is 27.6 Å². The van der Waals surface area contributed by atoms with E-state index in [1.165, 1.54) is 6.07 Å². The number of rotatable bonds is 22. The second-order valence-corrected chi connectivity index (χ2v) is 22.8. The van der Waals surface area contributed by atoms with Crippen LogP contribution in [0.5, 0.6) is 0 Å². The Labute approximate surface area is 587 Å². The van der Waals surface area contributed by atoms with E-state index >= 15 is 0 Å². The Morgan fingerprint density at radius 3 is 1.41 bits per heavy atom. The number of halogens is 4. The standard InChI is InChI=1S/C15H10BrNO.C13H18BrNO3.C9H6BrNO.C9H18O4.C7H14O4.C6H7BO2.C6H6BrN.H2O4S.H2O/c16-12-7-8-14-11(10-12)6-9-15(18)17(14)13-4-2-1-3-5-13;1-3-17-13(18-4-2)9-12(16)15-11-7-5-10(14)6-8-11;10-7-2-3-8-6(5-7)1-4-9(12)11-8;1-4-11-8(10)7-9(12-5-2)13-6-3;1-3-10-7(11-4-2)5-6(8)9;8-7(9)6-4-2-1-3-5-6;7-5-1-3-6(8)4-2-5;1-5(2,3)4;/h1-10H;5-8,13H,3-4,9H2,1-2H3,(H,15,16);1-5H,(H,11,12);9H,4-7H2,1-3H3;7H,3-5H2,1-2H3,(H,8,9);1-5,8-9H;1-4H,8H2;(H2,1,2,3,4);1H2/p-1. The molecule has 6 aromatic carbocycles. The third-order valence-corrected chi connectivity index (χ3v) is 13.1. The van der Waals surface area contributed by atoms with Gasteiger partial charge in [-0.25, -0.2) is 0 Å². The summed E-state index contributed by atoms with van der Waals surface area (Å²) in [6.45, 7) is 16.3. The number of carboxylic acid groups (broad SMARTS) is 1. The van der Waals surface area contributed by atoms with E-state index in [2.05, 4.69) is 74.0 Å². The van der Waals surface area contributed by atoms with E-state index in [1.54, 1.807) is 61.7 Å². The number of nitrogens with one attached hydrogen (secondary N) is 2. The smallest absolute Gasteiger partial charge is 0.488 e. The van der Waals surface area contributed by atoms with E-state index in [-0.39, 0.29) is 47.7 Å². The molecule has 95 heavy (non-hydrogen) atoms. The Morgan fingerprint density at radius 2 is 0.968 bits per heavy atom. The van der Waals surface area contributed by atoms with E-state index in [9.17, 15) is 24.0 Å². The molecular weight excluding hydrogens is 1520 g/mol. The number of nitrogens with two attached hydrogens (primary N) is 1. The topological polar surface area (TPSA) is 374 Å². The average molecular weight is 1600 g/mol. The van der Waals surface area contributed by atoms with Gasteiger partial charge in [-0.1, -0.05) is 112 Å². The van der Waals surface area contributed by atoms with Crippen LogP contribution in [0.1, 0.15) is 67.7 Å². The zero-order valence-corrected chi connectivity index (χ0v) is 60.6. The van der Waals surface area contributed by atoms with Crippen LogP contribution in [-0.4, -0.2) is 138 Å². The normalized spacial score (nSPS) is 10.3.